The first-order valence-electron chi connectivity index (χ1n) is 8.55. The molecule has 7 nitrogen and oxygen atoms in total. The average molecular weight is 444 g/mol. The average Bonchev–Trinajstić information content (AvgIpc) is 2.52. The molecule has 3 N–H and O–H groups in total. The molecule has 0 atom stereocenters. The van der Waals surface area contributed by atoms with Gasteiger partial charge in [-0.1, -0.05) is 0 Å². The molecule has 0 radical (unpaired) electrons. The summed E-state index contributed by atoms with van der Waals surface area (Å²) in [4.78, 5) is -0.183. The van der Waals surface area contributed by atoms with Crippen molar-refractivity contribution in [3.63, 3.8) is 0 Å². The minimum absolute atomic E-state index is 0.191. The van der Waals surface area contributed by atoms with Crippen LogP contribution in [0.2, 0.25) is 0 Å². The summed E-state index contributed by atoms with van der Waals surface area (Å²) in [7, 11) is -10.2. The highest BCUT2D eigenvalue weighted by Gasteiger charge is 2.49. The second kappa shape index (κ2) is 7.47. The van der Waals surface area contributed by atoms with Gasteiger partial charge in [0.15, 0.2) is 0 Å². The minimum Gasteiger partial charge on any atom is -0.363 e. The molecular weight excluding hydrogens is 419 g/mol. The summed E-state index contributed by atoms with van der Waals surface area (Å²) in [6.07, 6.45) is 1.19. The molecule has 2 rings (SSSR count). The Bertz CT molecular complexity index is 933. The van der Waals surface area contributed by atoms with Crippen LogP contribution < -0.4 is 15.4 Å². The van der Waals surface area contributed by atoms with E-state index in [0.29, 0.717) is 32.0 Å². The zero-order valence-electron chi connectivity index (χ0n) is 15.7. The van der Waals surface area contributed by atoms with Crippen LogP contribution in [0.3, 0.4) is 0 Å². The normalized spacial score (nSPS) is 17.5. The first kappa shape index (κ1) is 22.9. The first-order chi connectivity index (χ1) is 12.6. The van der Waals surface area contributed by atoms with Crippen LogP contribution in [0.1, 0.15) is 33.6 Å². The summed E-state index contributed by atoms with van der Waals surface area (Å²) in [6, 6.07) is 2.39. The Hall–Kier alpha value is -1.37. The molecule has 0 bridgehead atoms. The Morgan fingerprint density at radius 2 is 1.61 bits per heavy atom. The molecule has 1 heterocycles. The fourth-order valence-corrected chi connectivity index (χ4v) is 4.97. The Morgan fingerprint density at radius 1 is 1.07 bits per heavy atom. The van der Waals surface area contributed by atoms with Gasteiger partial charge in [-0.05, 0) is 64.9 Å². The van der Waals surface area contributed by atoms with Crippen LogP contribution in [0.4, 0.5) is 18.9 Å². The summed E-state index contributed by atoms with van der Waals surface area (Å²) in [5.41, 5.74) is -6.50. The number of alkyl halides is 3. The molecule has 1 aliphatic rings. The van der Waals surface area contributed by atoms with Crippen LogP contribution >= 0.6 is 0 Å². The van der Waals surface area contributed by atoms with Crippen molar-refractivity contribution in [3.8, 4) is 0 Å². The predicted octanol–water partition coefficient (Wildman–Crippen LogP) is 1.98. The van der Waals surface area contributed by atoms with E-state index in [0.717, 1.165) is 12.1 Å². The van der Waals surface area contributed by atoms with Gasteiger partial charge in [-0.25, -0.2) is 22.0 Å². The summed E-state index contributed by atoms with van der Waals surface area (Å²) >= 11 is 0. The van der Waals surface area contributed by atoms with Gasteiger partial charge in [0.2, 0.25) is 10.0 Å². The molecule has 0 saturated carbocycles. The predicted molar refractivity (Wildman–Crippen MR) is 99.2 cm³/mol. The third-order valence-corrected chi connectivity index (χ3v) is 6.94. The molecule has 1 aromatic carbocycles. The number of hydrogen-bond acceptors (Lipinski definition) is 6. The zero-order chi connectivity index (χ0) is 21.5. The van der Waals surface area contributed by atoms with E-state index in [4.69, 9.17) is 5.14 Å². The monoisotopic (exact) mass is 443 g/mol. The van der Waals surface area contributed by atoms with Gasteiger partial charge in [0.1, 0.15) is 4.90 Å². The van der Waals surface area contributed by atoms with Gasteiger partial charge in [-0.15, -0.1) is 0 Å². The molecule has 1 aliphatic heterocycles. The van der Waals surface area contributed by atoms with Crippen LogP contribution in [0.15, 0.2) is 28.0 Å². The standard InChI is InChI=1S/C16H24F3N3O4S2/c1-15(2,3)22(11-6-8-21-9-7-11)13-5-4-12(28(20,25)26)10-14(13)27(23,24)16(17,18)19/h4-5,10-11,21H,6-9H2,1-3H3,(H2,20,25,26). The minimum atomic E-state index is -5.81. The number of nitrogens with two attached hydrogens (primary N) is 1. The van der Waals surface area contributed by atoms with Crippen molar-refractivity contribution in [1.29, 1.82) is 0 Å². The van der Waals surface area contributed by atoms with Gasteiger partial charge in [-0.2, -0.15) is 13.2 Å². The van der Waals surface area contributed by atoms with Gasteiger partial charge >= 0.3 is 5.51 Å². The van der Waals surface area contributed by atoms with E-state index in [2.05, 4.69) is 5.32 Å². The largest absolute Gasteiger partial charge is 0.501 e. The van der Waals surface area contributed by atoms with Crippen molar-refractivity contribution in [2.75, 3.05) is 18.0 Å². The van der Waals surface area contributed by atoms with E-state index >= 15 is 0 Å². The van der Waals surface area contributed by atoms with Crippen molar-refractivity contribution in [3.05, 3.63) is 18.2 Å². The summed E-state index contributed by atoms with van der Waals surface area (Å²) in [5.74, 6) is 0. The van der Waals surface area contributed by atoms with Crippen LogP contribution in [0, 0.1) is 0 Å². The smallest absolute Gasteiger partial charge is 0.363 e. The van der Waals surface area contributed by atoms with Crippen LogP contribution in [0.5, 0.6) is 0 Å². The molecule has 12 heteroatoms. The number of sulfone groups is 1. The van der Waals surface area contributed by atoms with Gasteiger partial charge in [-0.3, -0.25) is 0 Å². The molecule has 0 spiro atoms. The van der Waals surface area contributed by atoms with Crippen molar-refractivity contribution < 1.29 is 30.0 Å². The number of nitrogens with zero attached hydrogens (tertiary/aromatic N) is 1. The lowest BCUT2D eigenvalue weighted by atomic mass is 9.96. The van der Waals surface area contributed by atoms with Crippen molar-refractivity contribution in [2.24, 2.45) is 5.14 Å². The molecule has 1 fully saturated rings. The number of anilines is 1. The molecule has 0 amide bonds. The fourth-order valence-electron chi connectivity index (χ4n) is 3.38. The number of primary sulfonamides is 1. The maximum atomic E-state index is 13.3. The lowest BCUT2D eigenvalue weighted by molar-refractivity contribution is -0.0436. The van der Waals surface area contributed by atoms with E-state index in [1.807, 2.05) is 0 Å². The third-order valence-electron chi connectivity index (χ3n) is 4.51. The highest BCUT2D eigenvalue weighted by atomic mass is 32.2. The third kappa shape index (κ3) is 4.61. The second-order valence-corrected chi connectivity index (χ2v) is 11.1. The van der Waals surface area contributed by atoms with Gasteiger partial charge < -0.3 is 10.2 Å². The SMILES string of the molecule is CC(C)(C)N(c1ccc(S(N)(=O)=O)cc1S(=O)(=O)C(F)(F)F)C1CCNCC1. The summed E-state index contributed by atoms with van der Waals surface area (Å²) < 4.78 is 87.8. The van der Waals surface area contributed by atoms with Crippen LogP contribution in [0.25, 0.3) is 0 Å². The molecule has 1 aromatic rings. The van der Waals surface area contributed by atoms with Gasteiger partial charge in [0.25, 0.3) is 9.84 Å². The van der Waals surface area contributed by atoms with Gasteiger partial charge in [0.05, 0.1) is 10.6 Å². The Labute approximate surface area is 163 Å². The van der Waals surface area contributed by atoms with Crippen LogP contribution in [-0.2, 0) is 19.9 Å². The Kier molecular flexibility index (Phi) is 6.11. The number of hydrogen-bond donors (Lipinski definition) is 2. The number of piperidine rings is 1. The molecule has 0 aliphatic carbocycles. The molecule has 1 saturated heterocycles. The molecule has 160 valence electrons. The fraction of sp³-hybridized carbons (Fsp3) is 0.625. The highest BCUT2D eigenvalue weighted by molar-refractivity contribution is 7.92. The number of rotatable bonds is 4. The van der Waals surface area contributed by atoms with E-state index in [-0.39, 0.29) is 11.7 Å². The molecular formula is C16H24F3N3O4S2. The number of nitrogens with one attached hydrogen (secondary N) is 1. The summed E-state index contributed by atoms with van der Waals surface area (Å²) in [5, 5.41) is 8.16. The maximum absolute atomic E-state index is 13.3. The first-order valence-corrected chi connectivity index (χ1v) is 11.6. The molecule has 0 unspecified atom stereocenters. The van der Waals surface area contributed by atoms with Crippen molar-refractivity contribution in [2.45, 2.75) is 60.5 Å². The molecule has 0 aromatic heterocycles. The van der Waals surface area contributed by atoms with Crippen LogP contribution in [-0.4, -0.2) is 47.0 Å². The Balaban J connectivity index is 2.80. The number of benzene rings is 1. The number of sulfonamides is 1. The highest BCUT2D eigenvalue weighted by Crippen LogP contribution is 2.40. The van der Waals surface area contributed by atoms with Crippen molar-refractivity contribution >= 4 is 25.5 Å². The zero-order valence-corrected chi connectivity index (χ0v) is 17.4. The maximum Gasteiger partial charge on any atom is 0.501 e. The number of halogens is 3. The van der Waals surface area contributed by atoms with E-state index in [9.17, 15) is 30.0 Å². The summed E-state index contributed by atoms with van der Waals surface area (Å²) in [6.45, 7) is 6.54. The van der Waals surface area contributed by atoms with Crippen molar-refractivity contribution in [1.82, 2.24) is 5.32 Å². The Morgan fingerprint density at radius 3 is 2.04 bits per heavy atom. The van der Waals surface area contributed by atoms with Gasteiger partial charge in [0, 0.05) is 11.6 Å². The second-order valence-electron chi connectivity index (χ2n) is 7.65. The topological polar surface area (TPSA) is 110 Å². The molecule has 28 heavy (non-hydrogen) atoms. The van der Waals surface area contributed by atoms with E-state index in [1.54, 1.807) is 25.7 Å². The van der Waals surface area contributed by atoms with E-state index in [1.165, 1.54) is 0 Å². The lowest BCUT2D eigenvalue weighted by Crippen LogP contribution is -2.52. The lowest BCUT2D eigenvalue weighted by Gasteiger charge is -2.46. The van der Waals surface area contributed by atoms with E-state index < -0.39 is 40.7 Å². The quantitative estimate of drug-likeness (QED) is 0.737.